The van der Waals surface area contributed by atoms with Gasteiger partial charge in [-0.25, -0.2) is 16.8 Å². The summed E-state index contributed by atoms with van der Waals surface area (Å²) in [7, 11) is -7.11. The Morgan fingerprint density at radius 3 is 1.66 bits per heavy atom. The summed E-state index contributed by atoms with van der Waals surface area (Å²) in [6.07, 6.45) is 5.90. The lowest BCUT2D eigenvalue weighted by Gasteiger charge is -2.25. The Labute approximate surface area is 260 Å². The quantitative estimate of drug-likeness (QED) is 0.219. The molecule has 0 saturated heterocycles. The number of hydrogen-bond acceptors (Lipinski definition) is 6. The van der Waals surface area contributed by atoms with Gasteiger partial charge in [-0.15, -0.1) is 0 Å². The second-order valence-corrected chi connectivity index (χ2v) is 14.4. The Hall–Kier alpha value is -4.17. The number of aryl methyl sites for hydroxylation is 2. The van der Waals surface area contributed by atoms with Gasteiger partial charge in [0.25, 0.3) is 20.0 Å². The largest absolute Gasteiger partial charge is 0.330 e. The first kappa shape index (κ1) is 31.3. The van der Waals surface area contributed by atoms with Crippen molar-refractivity contribution in [3.63, 3.8) is 0 Å². The number of sulfonamides is 2. The van der Waals surface area contributed by atoms with Crippen molar-refractivity contribution in [2.45, 2.75) is 60.2 Å². The number of rotatable bonds is 7. The molecule has 0 amide bonds. The van der Waals surface area contributed by atoms with E-state index in [0.717, 1.165) is 49.7 Å². The molecule has 2 atom stereocenters. The molecule has 4 aromatic carbocycles. The van der Waals surface area contributed by atoms with Crippen LogP contribution in [0.25, 0.3) is 0 Å². The van der Waals surface area contributed by atoms with Crippen LogP contribution in [0.1, 0.15) is 59.8 Å². The molecule has 2 aliphatic rings. The smallest absolute Gasteiger partial charge is 0.261 e. The van der Waals surface area contributed by atoms with Gasteiger partial charge in [-0.2, -0.15) is 5.26 Å². The lowest BCUT2D eigenvalue weighted by Crippen LogP contribution is -2.19. The van der Waals surface area contributed by atoms with Crippen LogP contribution in [0.15, 0.2) is 107 Å². The highest BCUT2D eigenvalue weighted by atomic mass is 32.2. The van der Waals surface area contributed by atoms with Crippen LogP contribution in [0.3, 0.4) is 0 Å². The summed E-state index contributed by atoms with van der Waals surface area (Å²) < 4.78 is 54.6. The number of benzene rings is 4. The van der Waals surface area contributed by atoms with E-state index >= 15 is 0 Å². The fraction of sp³-hybridized carbons (Fsp3) is 0.265. The number of nitrogens with two attached hydrogens (primary N) is 1. The summed E-state index contributed by atoms with van der Waals surface area (Å²) in [6.45, 7) is 0.641. The van der Waals surface area contributed by atoms with Crippen molar-refractivity contribution in [2.75, 3.05) is 16.0 Å². The van der Waals surface area contributed by atoms with Crippen LogP contribution >= 0.6 is 0 Å². The van der Waals surface area contributed by atoms with Crippen LogP contribution in [0.2, 0.25) is 0 Å². The zero-order valence-corrected chi connectivity index (χ0v) is 25.9. The van der Waals surface area contributed by atoms with Gasteiger partial charge in [0, 0.05) is 11.4 Å². The van der Waals surface area contributed by atoms with E-state index in [-0.39, 0.29) is 15.7 Å². The Morgan fingerprint density at radius 2 is 1.16 bits per heavy atom. The SMILES string of the molecule is N#CC1CCCc2cc(NS(=O)(=O)c3ccccc3)ccc21.NCC1CCCc2cc(NS(=O)(=O)c3ccccc3)ccc21. The minimum atomic E-state index is -3.57. The van der Waals surface area contributed by atoms with Crippen molar-refractivity contribution in [2.24, 2.45) is 5.73 Å². The van der Waals surface area contributed by atoms with Crippen LogP contribution < -0.4 is 15.2 Å². The van der Waals surface area contributed by atoms with E-state index in [4.69, 9.17) is 5.73 Å². The van der Waals surface area contributed by atoms with Crippen molar-refractivity contribution in [3.05, 3.63) is 119 Å². The average molecular weight is 629 g/mol. The molecule has 0 radical (unpaired) electrons. The third-order valence-electron chi connectivity index (χ3n) is 8.09. The average Bonchev–Trinajstić information content (AvgIpc) is 3.04. The molecule has 4 aromatic rings. The molecule has 0 heterocycles. The highest BCUT2D eigenvalue weighted by molar-refractivity contribution is 7.93. The first-order valence-corrected chi connectivity index (χ1v) is 17.7. The van der Waals surface area contributed by atoms with Gasteiger partial charge in [-0.05, 0) is 122 Å². The van der Waals surface area contributed by atoms with Crippen molar-refractivity contribution in [1.29, 1.82) is 5.26 Å². The van der Waals surface area contributed by atoms with Crippen molar-refractivity contribution in [3.8, 4) is 6.07 Å². The number of nitrogens with one attached hydrogen (secondary N) is 2. The molecule has 0 spiro atoms. The predicted molar refractivity (Wildman–Crippen MR) is 173 cm³/mol. The van der Waals surface area contributed by atoms with Crippen LogP contribution in [-0.4, -0.2) is 23.4 Å². The minimum absolute atomic E-state index is 0.0801. The van der Waals surface area contributed by atoms with Gasteiger partial charge in [0.15, 0.2) is 0 Å². The number of anilines is 2. The topological polar surface area (TPSA) is 142 Å². The summed E-state index contributed by atoms with van der Waals surface area (Å²) in [5, 5.41) is 9.18. The van der Waals surface area contributed by atoms with Crippen LogP contribution in [-0.2, 0) is 32.9 Å². The van der Waals surface area contributed by atoms with Crippen LogP contribution in [0.5, 0.6) is 0 Å². The third-order valence-corrected chi connectivity index (χ3v) is 10.9. The Bertz CT molecular complexity index is 1860. The second kappa shape index (κ2) is 13.6. The monoisotopic (exact) mass is 628 g/mol. The summed E-state index contributed by atoms with van der Waals surface area (Å²) in [5.41, 5.74) is 11.5. The van der Waals surface area contributed by atoms with E-state index in [9.17, 15) is 22.1 Å². The Balaban J connectivity index is 0.000000175. The lowest BCUT2D eigenvalue weighted by atomic mass is 9.83. The zero-order valence-electron chi connectivity index (χ0n) is 24.3. The molecule has 0 aromatic heterocycles. The summed E-state index contributed by atoms with van der Waals surface area (Å²) in [5.74, 6) is 0.312. The molecular formula is C34H36N4O4S2. The Morgan fingerprint density at radius 1 is 0.682 bits per heavy atom. The molecule has 0 aliphatic heterocycles. The maximum Gasteiger partial charge on any atom is 0.261 e. The lowest BCUT2D eigenvalue weighted by molar-refractivity contribution is 0.561. The fourth-order valence-electron chi connectivity index (χ4n) is 5.86. The standard InChI is InChI=1S/C17H20N2O2S.C17H16N2O2S/c2*18-12-14-6-4-5-13-11-15(9-10-17(13)14)19-22(20,21)16-7-2-1-3-8-16/h1-3,7-11,14,19H,4-6,12,18H2;1-3,7-11,14,19H,4-6H2. The van der Waals surface area contributed by atoms with Gasteiger partial charge in [0.2, 0.25) is 0 Å². The fourth-order valence-corrected chi connectivity index (χ4v) is 8.00. The molecule has 0 bridgehead atoms. The normalized spacial score (nSPS) is 17.5. The molecule has 44 heavy (non-hydrogen) atoms. The first-order chi connectivity index (χ1) is 21.2. The minimum Gasteiger partial charge on any atom is -0.330 e. The number of nitrogens with zero attached hydrogens (tertiary/aromatic N) is 1. The highest BCUT2D eigenvalue weighted by Crippen LogP contribution is 2.34. The van der Waals surface area contributed by atoms with E-state index < -0.39 is 20.0 Å². The van der Waals surface area contributed by atoms with Crippen LogP contribution in [0, 0.1) is 11.3 Å². The van der Waals surface area contributed by atoms with E-state index in [1.165, 1.54) is 11.1 Å². The zero-order chi connectivity index (χ0) is 31.2. The number of hydrogen-bond donors (Lipinski definition) is 3. The molecule has 4 N–H and O–H groups in total. The summed E-state index contributed by atoms with van der Waals surface area (Å²) >= 11 is 0. The predicted octanol–water partition coefficient (Wildman–Crippen LogP) is 6.30. The first-order valence-electron chi connectivity index (χ1n) is 14.7. The Kier molecular flexibility index (Phi) is 9.69. The second-order valence-electron chi connectivity index (χ2n) is 11.1. The van der Waals surface area contributed by atoms with Crippen molar-refractivity contribution < 1.29 is 16.8 Å². The van der Waals surface area contributed by atoms with E-state index in [0.29, 0.717) is 23.8 Å². The van der Waals surface area contributed by atoms with Crippen molar-refractivity contribution in [1.82, 2.24) is 0 Å². The van der Waals surface area contributed by atoms with E-state index in [2.05, 4.69) is 15.5 Å². The highest BCUT2D eigenvalue weighted by Gasteiger charge is 2.22. The molecule has 0 saturated carbocycles. The van der Waals surface area contributed by atoms with Crippen LogP contribution in [0.4, 0.5) is 11.4 Å². The molecule has 10 heteroatoms. The molecular weight excluding hydrogens is 593 g/mol. The van der Waals surface area contributed by atoms with E-state index in [1.54, 1.807) is 66.7 Å². The van der Waals surface area contributed by atoms with Gasteiger partial charge in [0.05, 0.1) is 21.8 Å². The van der Waals surface area contributed by atoms with Gasteiger partial charge >= 0.3 is 0 Å². The van der Waals surface area contributed by atoms with Crippen molar-refractivity contribution >= 4 is 31.4 Å². The molecule has 6 rings (SSSR count). The van der Waals surface area contributed by atoms with Gasteiger partial charge < -0.3 is 5.73 Å². The summed E-state index contributed by atoms with van der Waals surface area (Å²) in [6, 6.07) is 30.2. The molecule has 228 valence electrons. The number of nitriles is 1. The number of fused-ring (bicyclic) bond motifs is 2. The third kappa shape index (κ3) is 7.30. The summed E-state index contributed by atoms with van der Waals surface area (Å²) in [4.78, 5) is 0.509. The maximum absolute atomic E-state index is 12.4. The van der Waals surface area contributed by atoms with Gasteiger partial charge in [-0.1, -0.05) is 48.5 Å². The molecule has 0 fully saturated rings. The van der Waals surface area contributed by atoms with Gasteiger partial charge in [-0.3, -0.25) is 9.44 Å². The molecule has 8 nitrogen and oxygen atoms in total. The van der Waals surface area contributed by atoms with Gasteiger partial charge in [0.1, 0.15) is 0 Å². The van der Waals surface area contributed by atoms with E-state index in [1.807, 2.05) is 30.3 Å². The molecule has 2 aliphatic carbocycles. The maximum atomic E-state index is 12.4. The molecule has 2 unspecified atom stereocenters.